The minimum atomic E-state index is -2.56. The van der Waals surface area contributed by atoms with Crippen LogP contribution in [0.5, 0.6) is 5.75 Å². The molecule has 0 heterocycles. The number of methoxy groups -OCH3 is 1. The van der Waals surface area contributed by atoms with Crippen LogP contribution in [-0.4, -0.2) is 30.5 Å². The van der Waals surface area contributed by atoms with E-state index in [2.05, 4.69) is 6.58 Å². The highest BCUT2D eigenvalue weighted by Crippen LogP contribution is 2.36. The van der Waals surface area contributed by atoms with Crippen molar-refractivity contribution in [3.05, 3.63) is 42.0 Å². The third-order valence-electron chi connectivity index (χ3n) is 3.04. The normalized spacial score (nSPS) is 14.9. The SMILES string of the molecule is C=C(C)C[C@@](F)(C(=O)OCC)[C@H](O)c1ccc(OC)cc1. The number of alkyl halides is 1. The van der Waals surface area contributed by atoms with E-state index in [9.17, 15) is 9.90 Å². The summed E-state index contributed by atoms with van der Waals surface area (Å²) in [4.78, 5) is 11.9. The molecular weight excluding hydrogens is 275 g/mol. The van der Waals surface area contributed by atoms with Crippen LogP contribution in [0.25, 0.3) is 0 Å². The Balaban J connectivity index is 3.11. The molecule has 0 unspecified atom stereocenters. The Hall–Kier alpha value is -1.88. The number of hydrogen-bond acceptors (Lipinski definition) is 4. The number of ether oxygens (including phenoxy) is 2. The van der Waals surface area contributed by atoms with Gasteiger partial charge in [0.2, 0.25) is 5.67 Å². The van der Waals surface area contributed by atoms with Crippen LogP contribution in [0.3, 0.4) is 0 Å². The zero-order chi connectivity index (χ0) is 16.0. The van der Waals surface area contributed by atoms with Gasteiger partial charge >= 0.3 is 5.97 Å². The smallest absolute Gasteiger partial charge is 0.347 e. The third kappa shape index (κ3) is 4.04. The minimum Gasteiger partial charge on any atom is -0.497 e. The van der Waals surface area contributed by atoms with E-state index in [4.69, 9.17) is 9.47 Å². The largest absolute Gasteiger partial charge is 0.497 e. The van der Waals surface area contributed by atoms with Crippen LogP contribution in [0.4, 0.5) is 4.39 Å². The van der Waals surface area contributed by atoms with Crippen molar-refractivity contribution in [3.63, 3.8) is 0 Å². The molecular formula is C16H21FO4. The maximum Gasteiger partial charge on any atom is 0.347 e. The number of carbonyl (C=O) groups excluding carboxylic acids is 1. The number of hydrogen-bond donors (Lipinski definition) is 1. The van der Waals surface area contributed by atoms with Crippen molar-refractivity contribution < 1.29 is 23.8 Å². The lowest BCUT2D eigenvalue weighted by molar-refractivity contribution is -0.166. The van der Waals surface area contributed by atoms with E-state index in [1.807, 2.05) is 0 Å². The molecule has 21 heavy (non-hydrogen) atoms. The third-order valence-corrected chi connectivity index (χ3v) is 3.04. The average molecular weight is 296 g/mol. The van der Waals surface area contributed by atoms with Crippen molar-refractivity contribution in [3.8, 4) is 5.75 Å². The molecule has 0 aromatic heterocycles. The van der Waals surface area contributed by atoms with Gasteiger partial charge in [-0.25, -0.2) is 9.18 Å². The summed E-state index contributed by atoms with van der Waals surface area (Å²) in [6, 6.07) is 6.20. The molecule has 0 aliphatic rings. The summed E-state index contributed by atoms with van der Waals surface area (Å²) in [6.45, 7) is 6.82. The summed E-state index contributed by atoms with van der Waals surface area (Å²) in [5.41, 5.74) is -1.85. The zero-order valence-electron chi connectivity index (χ0n) is 12.6. The summed E-state index contributed by atoms with van der Waals surface area (Å²) in [7, 11) is 1.50. The van der Waals surface area contributed by atoms with E-state index >= 15 is 4.39 Å². The predicted octanol–water partition coefficient (Wildman–Crippen LogP) is 2.97. The lowest BCUT2D eigenvalue weighted by atomic mass is 9.87. The van der Waals surface area contributed by atoms with Crippen LogP contribution in [0.1, 0.15) is 31.9 Å². The second-order valence-corrected chi connectivity index (χ2v) is 4.89. The molecule has 0 spiro atoms. The Kier molecular flexibility index (Phi) is 5.90. The van der Waals surface area contributed by atoms with Crippen LogP contribution in [0, 0.1) is 0 Å². The van der Waals surface area contributed by atoms with Gasteiger partial charge in [0.25, 0.3) is 0 Å². The number of halogens is 1. The molecule has 0 saturated carbocycles. The Morgan fingerprint density at radius 2 is 2.00 bits per heavy atom. The van der Waals surface area contributed by atoms with Gasteiger partial charge in [0.05, 0.1) is 13.7 Å². The fourth-order valence-corrected chi connectivity index (χ4v) is 2.02. The van der Waals surface area contributed by atoms with Gasteiger partial charge in [0.15, 0.2) is 0 Å². The van der Waals surface area contributed by atoms with E-state index in [1.165, 1.54) is 19.2 Å². The van der Waals surface area contributed by atoms with Crippen LogP contribution in [0.2, 0.25) is 0 Å². The van der Waals surface area contributed by atoms with Gasteiger partial charge in [-0.3, -0.25) is 0 Å². The Bertz CT molecular complexity index is 498. The first-order valence-corrected chi connectivity index (χ1v) is 6.67. The molecule has 2 atom stereocenters. The van der Waals surface area contributed by atoms with Crippen LogP contribution >= 0.6 is 0 Å². The minimum absolute atomic E-state index is 0.0377. The average Bonchev–Trinajstić information content (AvgIpc) is 2.46. The molecule has 0 fully saturated rings. The highest BCUT2D eigenvalue weighted by Gasteiger charge is 2.48. The number of benzene rings is 1. The number of carbonyl (C=O) groups is 1. The highest BCUT2D eigenvalue weighted by molar-refractivity contribution is 5.81. The number of aliphatic hydroxyl groups excluding tert-OH is 1. The second kappa shape index (κ2) is 7.22. The molecule has 0 radical (unpaired) electrons. The molecule has 0 aliphatic carbocycles. The summed E-state index contributed by atoms with van der Waals surface area (Å²) in [6.07, 6.45) is -1.95. The van der Waals surface area contributed by atoms with E-state index in [-0.39, 0.29) is 18.6 Å². The fraction of sp³-hybridized carbons (Fsp3) is 0.438. The van der Waals surface area contributed by atoms with Crippen LogP contribution in [0.15, 0.2) is 36.4 Å². The lowest BCUT2D eigenvalue weighted by Crippen LogP contribution is -2.42. The van der Waals surface area contributed by atoms with Gasteiger partial charge in [-0.15, -0.1) is 6.58 Å². The molecule has 0 amide bonds. The summed E-state index contributed by atoms with van der Waals surface area (Å²) in [5.74, 6) is -0.511. The van der Waals surface area contributed by atoms with Gasteiger partial charge in [-0.1, -0.05) is 17.7 Å². The summed E-state index contributed by atoms with van der Waals surface area (Å²) >= 11 is 0. The molecule has 116 valence electrons. The van der Waals surface area contributed by atoms with Crippen LogP contribution in [-0.2, 0) is 9.53 Å². The molecule has 4 nitrogen and oxygen atoms in total. The van der Waals surface area contributed by atoms with Gasteiger partial charge in [0, 0.05) is 6.42 Å². The van der Waals surface area contributed by atoms with Crippen molar-refractivity contribution in [2.45, 2.75) is 32.0 Å². The molecule has 1 rings (SSSR count). The number of rotatable bonds is 7. The van der Waals surface area contributed by atoms with Crippen molar-refractivity contribution in [1.82, 2.24) is 0 Å². The summed E-state index contributed by atoms with van der Waals surface area (Å²) in [5, 5.41) is 10.3. The molecule has 1 aromatic carbocycles. The number of esters is 1. The van der Waals surface area contributed by atoms with Gasteiger partial charge < -0.3 is 14.6 Å². The van der Waals surface area contributed by atoms with Gasteiger partial charge in [-0.05, 0) is 31.5 Å². The second-order valence-electron chi connectivity index (χ2n) is 4.89. The predicted molar refractivity (Wildman–Crippen MR) is 77.9 cm³/mol. The molecule has 1 aromatic rings. The van der Waals surface area contributed by atoms with Crippen molar-refractivity contribution in [2.75, 3.05) is 13.7 Å². The van der Waals surface area contributed by atoms with E-state index in [0.29, 0.717) is 11.3 Å². The summed E-state index contributed by atoms with van der Waals surface area (Å²) < 4.78 is 24.8. The molecule has 1 N–H and O–H groups in total. The molecule has 0 aliphatic heterocycles. The van der Waals surface area contributed by atoms with Gasteiger partial charge in [-0.2, -0.15) is 0 Å². The van der Waals surface area contributed by atoms with E-state index in [1.54, 1.807) is 26.0 Å². The number of aliphatic hydroxyl groups is 1. The topological polar surface area (TPSA) is 55.8 Å². The molecule has 5 heteroatoms. The lowest BCUT2D eigenvalue weighted by Gasteiger charge is -2.28. The maximum absolute atomic E-state index is 15.1. The Morgan fingerprint density at radius 3 is 2.43 bits per heavy atom. The maximum atomic E-state index is 15.1. The van der Waals surface area contributed by atoms with Crippen molar-refractivity contribution in [2.24, 2.45) is 0 Å². The molecule has 0 bridgehead atoms. The van der Waals surface area contributed by atoms with Crippen LogP contribution < -0.4 is 4.74 Å². The van der Waals surface area contributed by atoms with Crippen molar-refractivity contribution in [1.29, 1.82) is 0 Å². The van der Waals surface area contributed by atoms with Gasteiger partial charge in [0.1, 0.15) is 11.9 Å². The number of allylic oxidation sites excluding steroid dienone is 1. The standard InChI is InChI=1S/C16H21FO4/c1-5-21-15(19)16(17,10-11(2)3)14(18)12-6-8-13(20-4)9-7-12/h6-9,14,18H,2,5,10H2,1,3-4H3/t14-,16+/m1/s1. The molecule has 0 saturated heterocycles. The Morgan fingerprint density at radius 1 is 1.43 bits per heavy atom. The van der Waals surface area contributed by atoms with E-state index in [0.717, 1.165) is 0 Å². The highest BCUT2D eigenvalue weighted by atomic mass is 19.1. The quantitative estimate of drug-likeness (QED) is 0.621. The van der Waals surface area contributed by atoms with Crippen molar-refractivity contribution >= 4 is 5.97 Å². The first-order chi connectivity index (χ1) is 9.85. The first-order valence-electron chi connectivity index (χ1n) is 6.67. The first kappa shape index (κ1) is 17.2. The van der Waals surface area contributed by atoms with E-state index < -0.39 is 17.7 Å². The Labute approximate surface area is 124 Å². The zero-order valence-corrected chi connectivity index (χ0v) is 12.6. The monoisotopic (exact) mass is 296 g/mol. The fourth-order valence-electron chi connectivity index (χ4n) is 2.02.